The number of rotatable bonds is 7. The average molecular weight is 502 g/mol. The summed E-state index contributed by atoms with van der Waals surface area (Å²) >= 11 is 2.66. The number of thiophene rings is 1. The van der Waals surface area contributed by atoms with E-state index in [-0.39, 0.29) is 22.3 Å². The fourth-order valence-electron chi connectivity index (χ4n) is 3.66. The molecule has 0 aliphatic heterocycles. The van der Waals surface area contributed by atoms with E-state index >= 15 is 0 Å². The van der Waals surface area contributed by atoms with Crippen LogP contribution < -0.4 is 5.32 Å². The van der Waals surface area contributed by atoms with Crippen molar-refractivity contribution >= 4 is 43.8 Å². The SMILES string of the molecule is Cc1ccc(S(=O)(=O)Cc2nnc(SCC(=O)Nc3sc4c(c3C#N)CCCC4)n2C)cc1. The number of amides is 1. The number of thioether (sulfide) groups is 1. The number of hydrogen-bond acceptors (Lipinski definition) is 8. The first-order valence-electron chi connectivity index (χ1n) is 10.4. The van der Waals surface area contributed by atoms with Crippen LogP contribution in [0.1, 0.15) is 40.2 Å². The molecule has 0 saturated carbocycles. The molecule has 11 heteroatoms. The fraction of sp³-hybridized carbons (Fsp3) is 0.364. The van der Waals surface area contributed by atoms with Crippen LogP contribution in [0.15, 0.2) is 34.3 Å². The summed E-state index contributed by atoms with van der Waals surface area (Å²) in [6, 6.07) is 8.91. The molecule has 8 nitrogen and oxygen atoms in total. The number of aromatic nitrogens is 3. The van der Waals surface area contributed by atoms with Crippen LogP contribution in [0.2, 0.25) is 0 Å². The second-order valence-electron chi connectivity index (χ2n) is 7.89. The number of hydrogen-bond donors (Lipinski definition) is 1. The lowest BCUT2D eigenvalue weighted by Crippen LogP contribution is -2.14. The monoisotopic (exact) mass is 501 g/mol. The number of nitrogens with one attached hydrogen (secondary N) is 1. The molecule has 2 heterocycles. The number of benzene rings is 1. The second-order valence-corrected chi connectivity index (χ2v) is 11.9. The number of nitrogens with zero attached hydrogens (tertiary/aromatic N) is 4. The van der Waals surface area contributed by atoms with E-state index in [4.69, 9.17) is 0 Å². The molecule has 0 spiro atoms. The Morgan fingerprint density at radius 3 is 2.70 bits per heavy atom. The van der Waals surface area contributed by atoms with Gasteiger partial charge in [-0.1, -0.05) is 29.5 Å². The molecule has 0 unspecified atom stereocenters. The molecular weight excluding hydrogens is 478 g/mol. The Bertz CT molecular complexity index is 1330. The summed E-state index contributed by atoms with van der Waals surface area (Å²) in [6.07, 6.45) is 4.00. The molecule has 0 saturated heterocycles. The van der Waals surface area contributed by atoms with Crippen molar-refractivity contribution in [1.29, 1.82) is 5.26 Å². The topological polar surface area (TPSA) is 118 Å². The Labute approximate surface area is 201 Å². The van der Waals surface area contributed by atoms with Crippen LogP contribution in [0.4, 0.5) is 5.00 Å². The van der Waals surface area contributed by atoms with Crippen molar-refractivity contribution in [3.05, 3.63) is 51.7 Å². The van der Waals surface area contributed by atoms with Crippen molar-refractivity contribution in [3.63, 3.8) is 0 Å². The van der Waals surface area contributed by atoms with Crippen LogP contribution in [-0.2, 0) is 40.3 Å². The van der Waals surface area contributed by atoms with Gasteiger partial charge in [-0.3, -0.25) is 4.79 Å². The van der Waals surface area contributed by atoms with Crippen molar-refractivity contribution < 1.29 is 13.2 Å². The first kappa shape index (κ1) is 23.5. The molecule has 1 aromatic carbocycles. The smallest absolute Gasteiger partial charge is 0.235 e. The van der Waals surface area contributed by atoms with Crippen LogP contribution in [0, 0.1) is 18.3 Å². The molecule has 33 heavy (non-hydrogen) atoms. The maximum absolute atomic E-state index is 12.7. The summed E-state index contributed by atoms with van der Waals surface area (Å²) in [4.78, 5) is 14.0. The van der Waals surface area contributed by atoms with E-state index in [0.29, 0.717) is 21.5 Å². The average Bonchev–Trinajstić information content (AvgIpc) is 3.31. The highest BCUT2D eigenvalue weighted by Gasteiger charge is 2.23. The number of sulfone groups is 1. The zero-order chi connectivity index (χ0) is 23.6. The van der Waals surface area contributed by atoms with E-state index in [9.17, 15) is 18.5 Å². The van der Waals surface area contributed by atoms with Gasteiger partial charge in [0.2, 0.25) is 5.91 Å². The normalized spacial score (nSPS) is 13.4. The minimum absolute atomic E-state index is 0.0735. The summed E-state index contributed by atoms with van der Waals surface area (Å²) in [6.45, 7) is 1.90. The molecule has 0 bridgehead atoms. The van der Waals surface area contributed by atoms with E-state index in [1.54, 1.807) is 35.9 Å². The van der Waals surface area contributed by atoms with Gasteiger partial charge < -0.3 is 9.88 Å². The molecule has 1 N–H and O–H groups in total. The second kappa shape index (κ2) is 9.67. The summed E-state index contributed by atoms with van der Waals surface area (Å²) in [5.41, 5.74) is 2.63. The number of anilines is 1. The molecule has 1 amide bonds. The summed E-state index contributed by atoms with van der Waals surface area (Å²) < 4.78 is 27.0. The largest absolute Gasteiger partial charge is 0.316 e. The lowest BCUT2D eigenvalue weighted by atomic mass is 9.96. The summed E-state index contributed by atoms with van der Waals surface area (Å²) in [5, 5.41) is 21.5. The molecule has 0 atom stereocenters. The van der Waals surface area contributed by atoms with Gasteiger partial charge in [-0.2, -0.15) is 5.26 Å². The van der Waals surface area contributed by atoms with Crippen molar-refractivity contribution in [3.8, 4) is 6.07 Å². The molecule has 0 fully saturated rings. The van der Waals surface area contributed by atoms with Gasteiger partial charge in [-0.25, -0.2) is 8.42 Å². The number of carbonyl (C=O) groups excluding carboxylic acids is 1. The molecular formula is C22H23N5O3S3. The van der Waals surface area contributed by atoms with Crippen molar-refractivity contribution in [2.75, 3.05) is 11.1 Å². The number of nitriles is 1. The van der Waals surface area contributed by atoms with E-state index in [1.165, 1.54) is 28.0 Å². The first-order chi connectivity index (χ1) is 15.8. The van der Waals surface area contributed by atoms with Crippen LogP contribution in [0.3, 0.4) is 0 Å². The molecule has 1 aliphatic carbocycles. The van der Waals surface area contributed by atoms with Crippen LogP contribution in [0.25, 0.3) is 0 Å². The summed E-state index contributed by atoms with van der Waals surface area (Å²) in [5.74, 6) is -0.147. The molecule has 4 rings (SSSR count). The molecule has 172 valence electrons. The maximum atomic E-state index is 12.7. The minimum atomic E-state index is -3.56. The van der Waals surface area contributed by atoms with Gasteiger partial charge in [0.25, 0.3) is 0 Å². The molecule has 2 aromatic heterocycles. The Hall–Kier alpha value is -2.68. The maximum Gasteiger partial charge on any atom is 0.235 e. The van der Waals surface area contributed by atoms with E-state index in [2.05, 4.69) is 21.6 Å². The van der Waals surface area contributed by atoms with Crippen LogP contribution in [0.5, 0.6) is 0 Å². The lowest BCUT2D eigenvalue weighted by molar-refractivity contribution is -0.113. The van der Waals surface area contributed by atoms with Gasteiger partial charge in [0.1, 0.15) is 22.6 Å². The molecule has 3 aromatic rings. The number of fused-ring (bicyclic) bond motifs is 1. The van der Waals surface area contributed by atoms with Gasteiger partial charge in [0.15, 0.2) is 15.0 Å². The lowest BCUT2D eigenvalue weighted by Gasteiger charge is -2.09. The number of carbonyl (C=O) groups is 1. The third kappa shape index (κ3) is 5.13. The van der Waals surface area contributed by atoms with Crippen LogP contribution >= 0.6 is 23.1 Å². The van der Waals surface area contributed by atoms with Crippen molar-refractivity contribution in [2.24, 2.45) is 7.05 Å². The van der Waals surface area contributed by atoms with E-state index in [1.807, 2.05) is 6.92 Å². The zero-order valence-corrected chi connectivity index (χ0v) is 20.7. The minimum Gasteiger partial charge on any atom is -0.316 e. The Morgan fingerprint density at radius 2 is 1.97 bits per heavy atom. The van der Waals surface area contributed by atoms with Gasteiger partial charge in [-0.05, 0) is 50.3 Å². The third-order valence-electron chi connectivity index (χ3n) is 5.49. The quantitative estimate of drug-likeness (QED) is 0.491. The van der Waals surface area contributed by atoms with Gasteiger partial charge in [0, 0.05) is 11.9 Å². The highest BCUT2D eigenvalue weighted by molar-refractivity contribution is 7.99. The Balaban J connectivity index is 1.40. The standard InChI is InChI=1S/C22H23N5O3S3/c1-14-7-9-15(10-8-14)33(29,30)13-19-25-26-22(27(19)2)31-12-20(28)24-21-17(11-23)16-5-3-4-6-18(16)32-21/h7-10H,3-6,12-13H2,1-2H3,(H,24,28). The number of aryl methyl sites for hydroxylation is 2. The zero-order valence-electron chi connectivity index (χ0n) is 18.3. The molecule has 0 radical (unpaired) electrons. The van der Waals surface area contributed by atoms with Crippen LogP contribution in [-0.4, -0.2) is 34.8 Å². The van der Waals surface area contributed by atoms with E-state index in [0.717, 1.165) is 36.8 Å². The van der Waals surface area contributed by atoms with Gasteiger partial charge >= 0.3 is 0 Å². The highest BCUT2D eigenvalue weighted by Crippen LogP contribution is 2.37. The third-order valence-corrected chi connectivity index (χ3v) is 9.35. The van der Waals surface area contributed by atoms with Gasteiger partial charge in [0.05, 0.1) is 16.2 Å². The van der Waals surface area contributed by atoms with E-state index < -0.39 is 9.84 Å². The first-order valence-corrected chi connectivity index (χ1v) is 13.9. The predicted molar refractivity (Wildman–Crippen MR) is 128 cm³/mol. The Morgan fingerprint density at radius 1 is 1.24 bits per heavy atom. The highest BCUT2D eigenvalue weighted by atomic mass is 32.2. The van der Waals surface area contributed by atoms with Gasteiger partial charge in [-0.15, -0.1) is 21.5 Å². The van der Waals surface area contributed by atoms with Crippen molar-refractivity contribution in [2.45, 2.75) is 48.4 Å². The Kier molecular flexibility index (Phi) is 6.88. The summed E-state index contributed by atoms with van der Waals surface area (Å²) in [7, 11) is -1.88. The predicted octanol–water partition coefficient (Wildman–Crippen LogP) is 3.64. The molecule has 1 aliphatic rings. The fourth-order valence-corrected chi connectivity index (χ4v) is 6.95. The van der Waals surface area contributed by atoms with Crippen molar-refractivity contribution in [1.82, 2.24) is 14.8 Å².